The molecule has 33 heavy (non-hydrogen) atoms. The van der Waals surface area contributed by atoms with E-state index in [4.69, 9.17) is 4.42 Å². The average Bonchev–Trinajstić information content (AvgIpc) is 3.54. The van der Waals surface area contributed by atoms with Crippen molar-refractivity contribution in [3.63, 3.8) is 0 Å². The minimum absolute atomic E-state index is 0.210. The SMILES string of the molecule is O=C(N/N=C/c1cc(-c2ccccc2)n(-c2ccccc2)c1-c1ccccc1)c1ccco1. The van der Waals surface area contributed by atoms with Crippen LogP contribution < -0.4 is 5.43 Å². The molecule has 0 aliphatic carbocycles. The maximum atomic E-state index is 12.2. The van der Waals surface area contributed by atoms with E-state index >= 15 is 0 Å². The van der Waals surface area contributed by atoms with Crippen LogP contribution in [0.1, 0.15) is 16.1 Å². The van der Waals surface area contributed by atoms with Gasteiger partial charge in [-0.3, -0.25) is 4.79 Å². The third-order valence-electron chi connectivity index (χ3n) is 5.28. The monoisotopic (exact) mass is 431 g/mol. The van der Waals surface area contributed by atoms with Crippen molar-refractivity contribution in [3.05, 3.63) is 127 Å². The van der Waals surface area contributed by atoms with Crippen LogP contribution in [0.25, 0.3) is 28.2 Å². The van der Waals surface area contributed by atoms with Gasteiger partial charge in [0.2, 0.25) is 0 Å². The molecule has 0 saturated carbocycles. The molecule has 0 radical (unpaired) electrons. The first-order valence-corrected chi connectivity index (χ1v) is 10.6. The molecule has 0 bridgehead atoms. The number of furan rings is 1. The maximum Gasteiger partial charge on any atom is 0.307 e. The number of rotatable bonds is 6. The summed E-state index contributed by atoms with van der Waals surface area (Å²) in [6.07, 6.45) is 3.13. The number of amides is 1. The highest BCUT2D eigenvalue weighted by Gasteiger charge is 2.18. The first kappa shape index (κ1) is 20.3. The molecule has 0 aliphatic rings. The largest absolute Gasteiger partial charge is 0.459 e. The van der Waals surface area contributed by atoms with E-state index in [0.29, 0.717) is 0 Å². The van der Waals surface area contributed by atoms with Crippen LogP contribution in [0.2, 0.25) is 0 Å². The van der Waals surface area contributed by atoms with Crippen molar-refractivity contribution < 1.29 is 9.21 Å². The Morgan fingerprint density at radius 2 is 1.42 bits per heavy atom. The van der Waals surface area contributed by atoms with Gasteiger partial charge in [-0.2, -0.15) is 5.10 Å². The van der Waals surface area contributed by atoms with Gasteiger partial charge in [-0.25, -0.2) is 5.43 Å². The highest BCUT2D eigenvalue weighted by Crippen LogP contribution is 2.35. The fourth-order valence-corrected chi connectivity index (χ4v) is 3.81. The van der Waals surface area contributed by atoms with E-state index in [1.807, 2.05) is 54.6 Å². The molecule has 0 atom stereocenters. The Labute approximate surface area is 191 Å². The van der Waals surface area contributed by atoms with Crippen molar-refractivity contribution in [1.82, 2.24) is 9.99 Å². The molecule has 3 aromatic carbocycles. The number of aromatic nitrogens is 1. The molecule has 0 unspecified atom stereocenters. The summed E-state index contributed by atoms with van der Waals surface area (Å²) in [7, 11) is 0. The van der Waals surface area contributed by atoms with E-state index in [1.165, 1.54) is 6.26 Å². The lowest BCUT2D eigenvalue weighted by Crippen LogP contribution is -2.16. The summed E-state index contributed by atoms with van der Waals surface area (Å²) in [5, 5.41) is 4.23. The summed E-state index contributed by atoms with van der Waals surface area (Å²) in [5.74, 6) is -0.189. The quantitative estimate of drug-likeness (QED) is 0.258. The lowest BCUT2D eigenvalue weighted by Gasteiger charge is -2.15. The molecular weight excluding hydrogens is 410 g/mol. The van der Waals surface area contributed by atoms with E-state index in [2.05, 4.69) is 57.6 Å². The number of carbonyl (C=O) groups is 1. The predicted octanol–water partition coefficient (Wildman–Crippen LogP) is 6.17. The Hall–Kier alpha value is -4.64. The van der Waals surface area contributed by atoms with Crippen LogP contribution in [0.15, 0.2) is 125 Å². The van der Waals surface area contributed by atoms with Crippen LogP contribution in [0.4, 0.5) is 0 Å². The molecule has 5 heteroatoms. The minimum atomic E-state index is -0.400. The van der Waals surface area contributed by atoms with Gasteiger partial charge in [0.05, 0.1) is 23.9 Å². The zero-order chi connectivity index (χ0) is 22.5. The van der Waals surface area contributed by atoms with E-state index < -0.39 is 5.91 Å². The molecule has 0 aliphatic heterocycles. The van der Waals surface area contributed by atoms with Crippen molar-refractivity contribution >= 4 is 12.1 Å². The summed E-state index contributed by atoms with van der Waals surface area (Å²) in [6, 6.07) is 36.0. The second kappa shape index (κ2) is 9.24. The first-order valence-electron chi connectivity index (χ1n) is 10.6. The molecule has 5 nitrogen and oxygen atoms in total. The third kappa shape index (κ3) is 4.25. The van der Waals surface area contributed by atoms with Crippen molar-refractivity contribution in [2.24, 2.45) is 5.10 Å². The molecular formula is C28H21N3O2. The minimum Gasteiger partial charge on any atom is -0.459 e. The van der Waals surface area contributed by atoms with Gasteiger partial charge in [0.15, 0.2) is 5.76 Å². The van der Waals surface area contributed by atoms with Crippen LogP contribution in [0.3, 0.4) is 0 Å². The van der Waals surface area contributed by atoms with Crippen molar-refractivity contribution in [2.75, 3.05) is 0 Å². The van der Waals surface area contributed by atoms with Crippen LogP contribution >= 0.6 is 0 Å². The van der Waals surface area contributed by atoms with Gasteiger partial charge in [-0.05, 0) is 41.5 Å². The number of para-hydroxylation sites is 1. The standard InChI is InChI=1S/C28H21N3O2/c32-28(26-17-10-18-33-26)30-29-20-23-19-25(21-11-4-1-5-12-21)31(24-15-8-3-9-16-24)27(23)22-13-6-2-7-14-22/h1-20H,(H,30,32)/b29-20+. The molecule has 160 valence electrons. The van der Waals surface area contributed by atoms with Crippen LogP contribution in [0.5, 0.6) is 0 Å². The Balaban J connectivity index is 1.66. The first-order chi connectivity index (χ1) is 16.3. The fraction of sp³-hybridized carbons (Fsp3) is 0. The van der Waals surface area contributed by atoms with E-state index in [9.17, 15) is 4.79 Å². The molecule has 2 heterocycles. The Kier molecular flexibility index (Phi) is 5.68. The van der Waals surface area contributed by atoms with Crippen LogP contribution in [0, 0.1) is 0 Å². The number of benzene rings is 3. The van der Waals surface area contributed by atoms with Gasteiger partial charge in [0.25, 0.3) is 0 Å². The summed E-state index contributed by atoms with van der Waals surface area (Å²) in [4.78, 5) is 12.2. The summed E-state index contributed by atoms with van der Waals surface area (Å²) >= 11 is 0. The zero-order valence-corrected chi connectivity index (χ0v) is 17.8. The highest BCUT2D eigenvalue weighted by atomic mass is 16.3. The summed E-state index contributed by atoms with van der Waals surface area (Å²) in [6.45, 7) is 0. The lowest BCUT2D eigenvalue weighted by molar-refractivity contribution is 0.0927. The van der Waals surface area contributed by atoms with Crippen molar-refractivity contribution in [2.45, 2.75) is 0 Å². The molecule has 1 N–H and O–H groups in total. The predicted molar refractivity (Wildman–Crippen MR) is 130 cm³/mol. The molecule has 2 aromatic heterocycles. The van der Waals surface area contributed by atoms with Gasteiger partial charge < -0.3 is 8.98 Å². The number of nitrogens with zero attached hydrogens (tertiary/aromatic N) is 2. The van der Waals surface area contributed by atoms with Gasteiger partial charge in [0, 0.05) is 11.3 Å². The van der Waals surface area contributed by atoms with E-state index in [1.54, 1.807) is 18.3 Å². The van der Waals surface area contributed by atoms with E-state index in [-0.39, 0.29) is 5.76 Å². The molecule has 5 aromatic rings. The van der Waals surface area contributed by atoms with Gasteiger partial charge in [-0.15, -0.1) is 0 Å². The number of hydrazone groups is 1. The average molecular weight is 431 g/mol. The number of hydrogen-bond acceptors (Lipinski definition) is 3. The van der Waals surface area contributed by atoms with Gasteiger partial charge >= 0.3 is 5.91 Å². The zero-order valence-electron chi connectivity index (χ0n) is 17.8. The third-order valence-corrected chi connectivity index (χ3v) is 5.28. The smallest absolute Gasteiger partial charge is 0.307 e. The summed E-state index contributed by atoms with van der Waals surface area (Å²) in [5.41, 5.74) is 8.60. The second-order valence-corrected chi connectivity index (χ2v) is 7.41. The molecule has 5 rings (SSSR count). The van der Waals surface area contributed by atoms with Crippen LogP contribution in [-0.2, 0) is 0 Å². The van der Waals surface area contributed by atoms with Gasteiger partial charge in [-0.1, -0.05) is 78.9 Å². The molecule has 0 spiro atoms. The van der Waals surface area contributed by atoms with E-state index in [0.717, 1.165) is 33.8 Å². The Morgan fingerprint density at radius 1 is 0.788 bits per heavy atom. The van der Waals surface area contributed by atoms with Gasteiger partial charge in [0.1, 0.15) is 0 Å². The Bertz CT molecular complexity index is 1370. The summed E-state index contributed by atoms with van der Waals surface area (Å²) < 4.78 is 7.36. The number of hydrogen-bond donors (Lipinski definition) is 1. The number of nitrogens with one attached hydrogen (secondary N) is 1. The van der Waals surface area contributed by atoms with Crippen molar-refractivity contribution in [3.8, 4) is 28.2 Å². The number of carbonyl (C=O) groups excluding carboxylic acids is 1. The molecule has 1 amide bonds. The molecule has 0 fully saturated rings. The normalized spacial score (nSPS) is 11.0. The topological polar surface area (TPSA) is 59.5 Å². The molecule has 0 saturated heterocycles. The fourth-order valence-electron chi connectivity index (χ4n) is 3.81. The Morgan fingerprint density at radius 3 is 2.06 bits per heavy atom. The van der Waals surface area contributed by atoms with Crippen LogP contribution in [-0.4, -0.2) is 16.7 Å². The van der Waals surface area contributed by atoms with Crippen molar-refractivity contribution in [1.29, 1.82) is 0 Å². The second-order valence-electron chi connectivity index (χ2n) is 7.41. The lowest BCUT2D eigenvalue weighted by atomic mass is 10.1. The maximum absolute atomic E-state index is 12.2. The highest BCUT2D eigenvalue weighted by molar-refractivity contribution is 5.95.